The minimum absolute atomic E-state index is 1.22. The second kappa shape index (κ2) is 11.4. The fourth-order valence-electron chi connectivity index (χ4n) is 3.86. The van der Waals surface area contributed by atoms with E-state index in [-0.39, 0.29) is 0 Å². The van der Waals surface area contributed by atoms with Crippen molar-refractivity contribution in [1.82, 2.24) is 0 Å². The van der Waals surface area contributed by atoms with Gasteiger partial charge in [0.25, 0.3) is 0 Å². The minimum atomic E-state index is 1.22. The molecule has 0 radical (unpaired) electrons. The average Bonchev–Trinajstić information content (AvgIpc) is 3.37. The van der Waals surface area contributed by atoms with E-state index < -0.39 is 0 Å². The van der Waals surface area contributed by atoms with Gasteiger partial charge in [-0.15, -0.1) is 0 Å². The Bertz CT molecular complexity index is 826. The number of fused-ring (bicyclic) bond motifs is 2. The Hall–Kier alpha value is -0.420. The van der Waals surface area contributed by atoms with Crippen LogP contribution < -0.4 is 0 Å². The van der Waals surface area contributed by atoms with E-state index in [1.54, 1.807) is 0 Å². The molecule has 0 aromatic heterocycles. The van der Waals surface area contributed by atoms with Crippen molar-refractivity contribution in [3.05, 3.63) is 56.0 Å². The molecule has 0 amide bonds. The number of hydrogen-bond acceptors (Lipinski definition) is 4. The first-order valence-corrected chi connectivity index (χ1v) is 14.7. The molecule has 0 atom stereocenters. The van der Waals surface area contributed by atoms with Crippen molar-refractivity contribution in [3.63, 3.8) is 0 Å². The second-order valence-electron chi connectivity index (χ2n) is 8.17. The Labute approximate surface area is 199 Å². The van der Waals surface area contributed by atoms with Crippen LogP contribution in [-0.4, -0.2) is 0 Å². The molecule has 0 saturated carbocycles. The lowest BCUT2D eigenvalue weighted by Gasteiger charge is -2.03. The number of thioether (sulfide) groups is 4. The number of benzene rings is 2. The molecular formula is C26H32S4. The Morgan fingerprint density at radius 2 is 0.933 bits per heavy atom. The number of rotatable bonds is 10. The summed E-state index contributed by atoms with van der Waals surface area (Å²) in [5.74, 6) is 0. The quantitative estimate of drug-likeness (QED) is 0.315. The summed E-state index contributed by atoms with van der Waals surface area (Å²) < 4.78 is 2.95. The van der Waals surface area contributed by atoms with Gasteiger partial charge in [-0.3, -0.25) is 0 Å². The van der Waals surface area contributed by atoms with Crippen molar-refractivity contribution in [2.24, 2.45) is 0 Å². The van der Waals surface area contributed by atoms with Crippen molar-refractivity contribution in [1.29, 1.82) is 0 Å². The van der Waals surface area contributed by atoms with Crippen LogP contribution in [0.1, 0.15) is 76.3 Å². The molecule has 2 heterocycles. The van der Waals surface area contributed by atoms with E-state index in [0.717, 1.165) is 0 Å². The highest BCUT2D eigenvalue weighted by Gasteiger charge is 2.27. The predicted molar refractivity (Wildman–Crippen MR) is 139 cm³/mol. The molecule has 4 rings (SSSR count). The van der Waals surface area contributed by atoms with Crippen molar-refractivity contribution >= 4 is 47.0 Å². The molecule has 0 aliphatic carbocycles. The van der Waals surface area contributed by atoms with Gasteiger partial charge in [0, 0.05) is 19.6 Å². The third-order valence-electron chi connectivity index (χ3n) is 5.63. The second-order valence-corrected chi connectivity index (χ2v) is 12.9. The fourth-order valence-corrected chi connectivity index (χ4v) is 9.26. The zero-order chi connectivity index (χ0) is 20.8. The normalized spacial score (nSPS) is 17.4. The summed E-state index contributed by atoms with van der Waals surface area (Å²) in [7, 11) is 0. The third-order valence-corrected chi connectivity index (χ3v) is 11.2. The summed E-state index contributed by atoms with van der Waals surface area (Å²) in [6.07, 6.45) is 13.1. The van der Waals surface area contributed by atoms with Gasteiger partial charge in [-0.05, 0) is 61.1 Å². The maximum absolute atomic E-state index is 2.44. The van der Waals surface area contributed by atoms with Crippen molar-refractivity contribution in [3.8, 4) is 0 Å². The first-order valence-electron chi connectivity index (χ1n) is 11.5. The molecule has 0 nitrogen and oxygen atoms in total. The highest BCUT2D eigenvalue weighted by Crippen LogP contribution is 2.61. The molecule has 0 saturated heterocycles. The van der Waals surface area contributed by atoms with Gasteiger partial charge < -0.3 is 0 Å². The van der Waals surface area contributed by atoms with Crippen LogP contribution in [0.4, 0.5) is 0 Å². The van der Waals surface area contributed by atoms with E-state index in [0.29, 0.717) is 0 Å². The Morgan fingerprint density at radius 1 is 0.500 bits per heavy atom. The highest BCUT2D eigenvalue weighted by atomic mass is 32.2. The largest absolute Gasteiger partial charge is 0.0798 e. The van der Waals surface area contributed by atoms with Crippen molar-refractivity contribution in [2.45, 2.75) is 97.6 Å². The van der Waals surface area contributed by atoms with Gasteiger partial charge in [-0.2, -0.15) is 0 Å². The summed E-state index contributed by atoms with van der Waals surface area (Å²) >= 11 is 7.91. The monoisotopic (exact) mass is 472 g/mol. The molecule has 0 unspecified atom stereocenters. The molecule has 0 N–H and O–H groups in total. The van der Waals surface area contributed by atoms with Crippen LogP contribution in [0.25, 0.3) is 0 Å². The first-order chi connectivity index (χ1) is 14.8. The van der Waals surface area contributed by atoms with Gasteiger partial charge in [-0.1, -0.05) is 112 Å². The van der Waals surface area contributed by atoms with Crippen LogP contribution in [-0.2, 0) is 12.8 Å². The van der Waals surface area contributed by atoms with Gasteiger partial charge >= 0.3 is 0 Å². The maximum atomic E-state index is 2.44. The lowest BCUT2D eigenvalue weighted by Crippen LogP contribution is -1.86. The summed E-state index contributed by atoms with van der Waals surface area (Å²) in [4.78, 5) is 5.80. The van der Waals surface area contributed by atoms with Gasteiger partial charge in [0.15, 0.2) is 0 Å². The molecule has 2 aromatic carbocycles. The predicted octanol–water partition coefficient (Wildman–Crippen LogP) is 10.2. The molecule has 2 aromatic rings. The van der Waals surface area contributed by atoms with Crippen LogP contribution in [0.3, 0.4) is 0 Å². The molecule has 30 heavy (non-hydrogen) atoms. The average molecular weight is 473 g/mol. The van der Waals surface area contributed by atoms with Crippen LogP contribution in [0, 0.1) is 0 Å². The van der Waals surface area contributed by atoms with E-state index >= 15 is 0 Å². The molecular weight excluding hydrogens is 441 g/mol. The van der Waals surface area contributed by atoms with Crippen LogP contribution in [0.2, 0.25) is 0 Å². The van der Waals surface area contributed by atoms with Crippen molar-refractivity contribution < 1.29 is 0 Å². The molecule has 160 valence electrons. The molecule has 0 bridgehead atoms. The highest BCUT2D eigenvalue weighted by molar-refractivity contribution is 8.30. The number of unbranched alkanes of at least 4 members (excludes halogenated alkanes) is 6. The third kappa shape index (κ3) is 5.88. The Morgan fingerprint density at radius 3 is 1.37 bits per heavy atom. The van der Waals surface area contributed by atoms with Crippen molar-refractivity contribution in [2.75, 3.05) is 0 Å². The molecule has 2 aliphatic rings. The van der Waals surface area contributed by atoms with E-state index in [9.17, 15) is 0 Å². The Balaban J connectivity index is 1.37. The number of aryl methyl sites for hydroxylation is 2. The lowest BCUT2D eigenvalue weighted by atomic mass is 10.1. The SMILES string of the molecule is CCCCCCc1ccc2c(c1)S/C(=C1\Sc3ccc(CCCCCC)cc3S1)S2. The molecule has 0 fully saturated rings. The number of hydrogen-bond donors (Lipinski definition) is 0. The standard InChI is InChI=1S/C26H32S4/c1-3-5-7-9-11-19-13-15-21-23(17-19)29-25(27-21)26-28-22-16-14-20(18-24(22)30-26)12-10-8-6-4-2/h13-18H,3-12H2,1-2H3/b26-25+. The van der Waals surface area contributed by atoms with Crippen LogP contribution >= 0.6 is 47.0 Å². The smallest absolute Gasteiger partial charge is 0.0706 e. The summed E-state index contributed by atoms with van der Waals surface area (Å²) in [6, 6.07) is 14.3. The Kier molecular flexibility index (Phi) is 8.69. The summed E-state index contributed by atoms with van der Waals surface area (Å²) in [5, 5.41) is 0. The molecule has 4 heteroatoms. The first kappa shape index (κ1) is 22.8. The van der Waals surface area contributed by atoms with Crippen LogP contribution in [0.5, 0.6) is 0 Å². The lowest BCUT2D eigenvalue weighted by molar-refractivity contribution is 0.666. The van der Waals surface area contributed by atoms with E-state index in [1.807, 2.05) is 47.0 Å². The van der Waals surface area contributed by atoms with Gasteiger partial charge in [-0.25, -0.2) is 0 Å². The summed E-state index contributed by atoms with van der Waals surface area (Å²) in [5.41, 5.74) is 3.01. The zero-order valence-corrected chi connectivity index (χ0v) is 21.4. The fraction of sp³-hybridized carbons (Fsp3) is 0.462. The molecule has 2 aliphatic heterocycles. The minimum Gasteiger partial charge on any atom is -0.0798 e. The van der Waals surface area contributed by atoms with Gasteiger partial charge in [0.1, 0.15) is 0 Å². The van der Waals surface area contributed by atoms with Gasteiger partial charge in [0.05, 0.1) is 8.47 Å². The summed E-state index contributed by atoms with van der Waals surface area (Å²) in [6.45, 7) is 4.56. The zero-order valence-electron chi connectivity index (χ0n) is 18.2. The van der Waals surface area contributed by atoms with Crippen LogP contribution in [0.15, 0.2) is 64.5 Å². The van der Waals surface area contributed by atoms with E-state index in [2.05, 4.69) is 50.2 Å². The maximum Gasteiger partial charge on any atom is 0.0706 e. The van der Waals surface area contributed by atoms with E-state index in [1.165, 1.54) is 103 Å². The van der Waals surface area contributed by atoms with E-state index in [4.69, 9.17) is 0 Å². The molecule has 0 spiro atoms. The van der Waals surface area contributed by atoms with Gasteiger partial charge in [0.2, 0.25) is 0 Å². The topological polar surface area (TPSA) is 0 Å².